The molecule has 4 rings (SSSR count). The molecule has 4 aromatic rings. The minimum Gasteiger partial charge on any atom is -0.356 e. The van der Waals surface area contributed by atoms with Crippen LogP contribution < -0.4 is 5.56 Å². The van der Waals surface area contributed by atoms with Crippen LogP contribution in [0.15, 0.2) is 58.0 Å². The fourth-order valence-corrected chi connectivity index (χ4v) is 2.93. The zero-order chi connectivity index (χ0) is 16.7. The summed E-state index contributed by atoms with van der Waals surface area (Å²) in [5.74, 6) is 0.399. The van der Waals surface area contributed by atoms with Gasteiger partial charge in [0.2, 0.25) is 0 Å². The number of benzene rings is 1. The lowest BCUT2D eigenvalue weighted by atomic mass is 9.98. The molecule has 0 unspecified atom stereocenters. The molecule has 1 N–H and O–H groups in total. The molecule has 0 atom stereocenters. The second-order valence-corrected chi connectivity index (χ2v) is 5.88. The fourth-order valence-electron chi connectivity index (χ4n) is 2.76. The first-order chi connectivity index (χ1) is 11.6. The van der Waals surface area contributed by atoms with E-state index in [-0.39, 0.29) is 5.56 Å². The molecule has 0 saturated carbocycles. The number of hydrogen-bond donors (Lipinski definition) is 1. The van der Waals surface area contributed by atoms with Crippen molar-refractivity contribution in [1.29, 1.82) is 0 Å². The van der Waals surface area contributed by atoms with Crippen LogP contribution in [-0.2, 0) is 0 Å². The predicted molar refractivity (Wildman–Crippen MR) is 93.0 cm³/mol. The van der Waals surface area contributed by atoms with Crippen LogP contribution in [0.5, 0.6) is 0 Å². The van der Waals surface area contributed by atoms with Gasteiger partial charge < -0.3 is 9.51 Å². The van der Waals surface area contributed by atoms with E-state index in [2.05, 4.69) is 15.1 Å². The number of pyridine rings is 2. The Morgan fingerprint density at radius 1 is 1.12 bits per heavy atom. The zero-order valence-corrected chi connectivity index (χ0v) is 13.5. The quantitative estimate of drug-likeness (QED) is 0.594. The third kappa shape index (κ3) is 2.39. The summed E-state index contributed by atoms with van der Waals surface area (Å²) in [7, 11) is 0. The summed E-state index contributed by atoms with van der Waals surface area (Å²) < 4.78 is 5.34. The first-order valence-corrected chi connectivity index (χ1v) is 7.72. The van der Waals surface area contributed by atoms with E-state index in [9.17, 15) is 4.79 Å². The van der Waals surface area contributed by atoms with Crippen LogP contribution in [0.25, 0.3) is 33.5 Å². The van der Waals surface area contributed by atoms with E-state index in [1.165, 1.54) is 0 Å². The summed E-state index contributed by atoms with van der Waals surface area (Å²) in [4.78, 5) is 20.0. The molecule has 3 heterocycles. The number of aryl methyl sites for hydroxylation is 1. The first kappa shape index (κ1) is 14.7. The highest BCUT2D eigenvalue weighted by atomic mass is 35.5. The van der Waals surface area contributed by atoms with Crippen LogP contribution in [0, 0.1) is 6.92 Å². The smallest absolute Gasteiger partial charge is 0.260 e. The lowest BCUT2D eigenvalue weighted by Gasteiger charge is -2.10. The lowest BCUT2D eigenvalue weighted by molar-refractivity contribution is 0.427. The summed E-state index contributed by atoms with van der Waals surface area (Å²) in [5, 5.41) is 5.26. The molecule has 0 radical (unpaired) electrons. The first-order valence-electron chi connectivity index (χ1n) is 7.34. The number of H-pyrrole nitrogens is 1. The zero-order valence-electron chi connectivity index (χ0n) is 12.7. The average molecular weight is 338 g/mol. The Bertz CT molecular complexity index is 1100. The number of rotatable bonds is 2. The number of nitrogens with one attached hydrogen (secondary N) is 1. The number of aromatic nitrogens is 3. The Kier molecular flexibility index (Phi) is 3.43. The van der Waals surface area contributed by atoms with Gasteiger partial charge in [0.1, 0.15) is 0 Å². The Balaban J connectivity index is 2.18. The summed E-state index contributed by atoms with van der Waals surface area (Å²) in [6, 6.07) is 12.6. The van der Waals surface area contributed by atoms with E-state index >= 15 is 0 Å². The molecule has 0 amide bonds. The molecule has 6 heteroatoms. The monoisotopic (exact) mass is 337 g/mol. The van der Waals surface area contributed by atoms with Gasteiger partial charge >= 0.3 is 0 Å². The highest BCUT2D eigenvalue weighted by Crippen LogP contribution is 2.35. The summed E-state index contributed by atoms with van der Waals surface area (Å²) in [6.45, 7) is 1.81. The molecule has 0 aliphatic rings. The van der Waals surface area contributed by atoms with Crippen LogP contribution in [-0.4, -0.2) is 15.1 Å². The molecule has 0 spiro atoms. The molecule has 0 saturated heterocycles. The molecule has 118 valence electrons. The van der Waals surface area contributed by atoms with Crippen molar-refractivity contribution in [2.45, 2.75) is 6.92 Å². The van der Waals surface area contributed by atoms with Gasteiger partial charge in [-0.05, 0) is 37.3 Å². The van der Waals surface area contributed by atoms with Crippen LogP contribution in [0.3, 0.4) is 0 Å². The highest BCUT2D eigenvalue weighted by molar-refractivity contribution is 6.31. The number of nitrogens with zero attached hydrogens (tertiary/aromatic N) is 2. The number of aromatic amines is 1. The molecular weight excluding hydrogens is 326 g/mol. The number of fused-ring (bicyclic) bond motifs is 1. The van der Waals surface area contributed by atoms with Gasteiger partial charge in [-0.2, -0.15) is 0 Å². The van der Waals surface area contributed by atoms with Gasteiger partial charge in [0.15, 0.2) is 5.76 Å². The third-order valence-corrected chi connectivity index (χ3v) is 4.01. The summed E-state index contributed by atoms with van der Waals surface area (Å²) >= 11 is 6.17. The molecule has 0 aliphatic carbocycles. The predicted octanol–water partition coefficient (Wildman–Crippen LogP) is 4.21. The molecule has 3 aromatic heterocycles. The number of halogens is 1. The van der Waals surface area contributed by atoms with Crippen LogP contribution in [0.4, 0.5) is 0 Å². The SMILES string of the molecule is Cc1cc(-c2c(-c3ccccn3)c3cc(Cl)ccc3[nH]c2=O)on1. The topological polar surface area (TPSA) is 71.8 Å². The highest BCUT2D eigenvalue weighted by Gasteiger charge is 2.20. The number of hydrogen-bond acceptors (Lipinski definition) is 4. The Hall–Kier alpha value is -2.92. The minimum atomic E-state index is -0.262. The summed E-state index contributed by atoms with van der Waals surface area (Å²) in [5.41, 5.74) is 2.85. The van der Waals surface area contributed by atoms with Gasteiger partial charge in [0, 0.05) is 33.8 Å². The van der Waals surface area contributed by atoms with Gasteiger partial charge in [0.25, 0.3) is 5.56 Å². The van der Waals surface area contributed by atoms with Gasteiger partial charge in [-0.25, -0.2) is 0 Å². The third-order valence-electron chi connectivity index (χ3n) is 3.77. The van der Waals surface area contributed by atoms with Crippen molar-refractivity contribution in [3.8, 4) is 22.6 Å². The molecule has 1 aromatic carbocycles. The maximum atomic E-state index is 12.7. The van der Waals surface area contributed by atoms with E-state index in [1.54, 1.807) is 31.3 Å². The Morgan fingerprint density at radius 3 is 2.71 bits per heavy atom. The van der Waals surface area contributed by atoms with Crippen molar-refractivity contribution in [3.05, 3.63) is 69.7 Å². The Morgan fingerprint density at radius 2 is 2.00 bits per heavy atom. The van der Waals surface area contributed by atoms with Crippen LogP contribution >= 0.6 is 11.6 Å². The molecule has 0 bridgehead atoms. The van der Waals surface area contributed by atoms with Gasteiger partial charge in [-0.15, -0.1) is 0 Å². The standard InChI is InChI=1S/C18H12ClN3O2/c1-10-8-15(24-22-10)17-16(14-4-2-3-7-20-14)12-9-11(19)5-6-13(12)21-18(17)23/h2-9H,1H3,(H,21,23). The van der Waals surface area contributed by atoms with Crippen molar-refractivity contribution < 1.29 is 4.52 Å². The van der Waals surface area contributed by atoms with E-state index in [1.807, 2.05) is 24.3 Å². The molecule has 0 aliphatic heterocycles. The van der Waals surface area contributed by atoms with Crippen LogP contribution in [0.2, 0.25) is 5.02 Å². The van der Waals surface area contributed by atoms with E-state index in [0.29, 0.717) is 38.8 Å². The van der Waals surface area contributed by atoms with Crippen molar-refractivity contribution in [2.24, 2.45) is 0 Å². The second kappa shape index (κ2) is 5.62. The van der Waals surface area contributed by atoms with Crippen LogP contribution in [0.1, 0.15) is 5.69 Å². The second-order valence-electron chi connectivity index (χ2n) is 5.44. The van der Waals surface area contributed by atoms with Gasteiger partial charge in [-0.3, -0.25) is 9.78 Å². The lowest BCUT2D eigenvalue weighted by Crippen LogP contribution is -2.11. The molecular formula is C18H12ClN3O2. The summed E-state index contributed by atoms with van der Waals surface area (Å²) in [6.07, 6.45) is 1.68. The molecule has 24 heavy (non-hydrogen) atoms. The maximum Gasteiger partial charge on any atom is 0.260 e. The normalized spacial score (nSPS) is 11.1. The minimum absolute atomic E-state index is 0.262. The molecule has 0 fully saturated rings. The van der Waals surface area contributed by atoms with Crippen molar-refractivity contribution in [1.82, 2.24) is 15.1 Å². The fraction of sp³-hybridized carbons (Fsp3) is 0.0556. The average Bonchev–Trinajstić information content (AvgIpc) is 3.01. The van der Waals surface area contributed by atoms with E-state index < -0.39 is 0 Å². The van der Waals surface area contributed by atoms with Crippen molar-refractivity contribution >= 4 is 22.5 Å². The van der Waals surface area contributed by atoms with Crippen molar-refractivity contribution in [2.75, 3.05) is 0 Å². The van der Waals surface area contributed by atoms with Gasteiger partial charge in [-0.1, -0.05) is 22.8 Å². The Labute approximate surface area is 141 Å². The largest absolute Gasteiger partial charge is 0.356 e. The maximum absolute atomic E-state index is 12.7. The van der Waals surface area contributed by atoms with Gasteiger partial charge in [0.05, 0.1) is 17.0 Å². The van der Waals surface area contributed by atoms with Crippen molar-refractivity contribution in [3.63, 3.8) is 0 Å². The molecule has 5 nitrogen and oxygen atoms in total. The van der Waals surface area contributed by atoms with E-state index in [4.69, 9.17) is 16.1 Å². The van der Waals surface area contributed by atoms with E-state index in [0.717, 1.165) is 5.39 Å².